The van der Waals surface area contributed by atoms with Crippen molar-refractivity contribution >= 4 is 15.9 Å². The van der Waals surface area contributed by atoms with Gasteiger partial charge in [-0.2, -0.15) is 0 Å². The zero-order valence-corrected chi connectivity index (χ0v) is 12.9. The summed E-state index contributed by atoms with van der Waals surface area (Å²) < 4.78 is 23.5. The monoisotopic (exact) mass is 343 g/mol. The summed E-state index contributed by atoms with van der Waals surface area (Å²) in [7, 11) is 1.92. The first-order valence-electron chi connectivity index (χ1n) is 6.75. The molecule has 1 aromatic rings. The molecule has 3 rings (SSSR count). The fourth-order valence-corrected chi connectivity index (χ4v) is 3.13. The van der Waals surface area contributed by atoms with Gasteiger partial charge in [0, 0.05) is 4.47 Å². The van der Waals surface area contributed by atoms with Crippen LogP contribution < -0.4 is 14.8 Å². The maximum Gasteiger partial charge on any atom is 0.162 e. The second-order valence-electron chi connectivity index (χ2n) is 4.77. The first-order valence-corrected chi connectivity index (χ1v) is 7.54. The average Bonchev–Trinajstić information content (AvgIpc) is 2.49. The summed E-state index contributed by atoms with van der Waals surface area (Å²) in [6, 6.07) is 4.01. The Morgan fingerprint density at radius 3 is 2.55 bits per heavy atom. The first kappa shape index (κ1) is 14.1. The molecule has 6 heteroatoms. The summed E-state index contributed by atoms with van der Waals surface area (Å²) in [5.74, 6) is 1.56. The molecule has 110 valence electrons. The van der Waals surface area contributed by atoms with E-state index < -0.39 is 0 Å². The fraction of sp³-hybridized carbons (Fsp3) is 0.571. The van der Waals surface area contributed by atoms with Crippen LogP contribution in [0.2, 0.25) is 0 Å². The molecule has 0 radical (unpaired) electrons. The van der Waals surface area contributed by atoms with Crippen molar-refractivity contribution in [1.82, 2.24) is 5.32 Å². The molecule has 2 aliphatic heterocycles. The Labute approximate surface area is 126 Å². The number of halogens is 1. The Balaban J connectivity index is 1.90. The fourth-order valence-electron chi connectivity index (χ4n) is 2.56. The van der Waals surface area contributed by atoms with E-state index in [0.29, 0.717) is 33.0 Å². The van der Waals surface area contributed by atoms with Gasteiger partial charge in [0.25, 0.3) is 0 Å². The van der Waals surface area contributed by atoms with Gasteiger partial charge >= 0.3 is 0 Å². The average molecular weight is 344 g/mol. The third-order valence-corrected chi connectivity index (χ3v) is 4.21. The molecule has 2 aliphatic rings. The van der Waals surface area contributed by atoms with Crippen molar-refractivity contribution in [2.45, 2.75) is 12.1 Å². The van der Waals surface area contributed by atoms with Crippen molar-refractivity contribution < 1.29 is 18.9 Å². The van der Waals surface area contributed by atoms with Crippen LogP contribution >= 0.6 is 15.9 Å². The van der Waals surface area contributed by atoms with Gasteiger partial charge in [-0.25, -0.2) is 0 Å². The maximum atomic E-state index is 5.80. The molecule has 1 saturated heterocycles. The molecule has 0 spiro atoms. The van der Waals surface area contributed by atoms with Crippen LogP contribution in [0, 0.1) is 0 Å². The zero-order chi connectivity index (χ0) is 13.9. The van der Waals surface area contributed by atoms with Gasteiger partial charge in [-0.3, -0.25) is 0 Å². The number of nitrogens with one attached hydrogen (secondary N) is 1. The first-order chi connectivity index (χ1) is 9.79. The lowest BCUT2D eigenvalue weighted by atomic mass is 10.0. The van der Waals surface area contributed by atoms with Gasteiger partial charge in [0.2, 0.25) is 0 Å². The lowest BCUT2D eigenvalue weighted by molar-refractivity contribution is -0.101. The number of ether oxygens (including phenoxy) is 4. The van der Waals surface area contributed by atoms with Crippen molar-refractivity contribution in [2.75, 3.05) is 40.1 Å². The van der Waals surface area contributed by atoms with E-state index in [1.54, 1.807) is 0 Å². The number of likely N-dealkylation sites (N-methyl/N-ethyl adjacent to an activating group) is 1. The summed E-state index contributed by atoms with van der Waals surface area (Å²) in [4.78, 5) is 0. The number of benzene rings is 1. The molecule has 1 fully saturated rings. The highest BCUT2D eigenvalue weighted by molar-refractivity contribution is 9.10. The molecule has 20 heavy (non-hydrogen) atoms. The zero-order valence-electron chi connectivity index (χ0n) is 11.4. The quantitative estimate of drug-likeness (QED) is 0.908. The SMILES string of the molecule is CNC(c1cc2c(cc1Br)OCCO2)C1COCCO1. The second-order valence-corrected chi connectivity index (χ2v) is 5.62. The van der Waals surface area contributed by atoms with Crippen LogP contribution in [0.1, 0.15) is 11.6 Å². The van der Waals surface area contributed by atoms with Crippen LogP contribution in [0.3, 0.4) is 0 Å². The molecular formula is C14H18BrNO4. The van der Waals surface area contributed by atoms with Gasteiger partial charge in [0.15, 0.2) is 11.5 Å². The molecule has 0 aromatic heterocycles. The number of hydrogen-bond acceptors (Lipinski definition) is 5. The van der Waals surface area contributed by atoms with Gasteiger partial charge in [0.1, 0.15) is 19.3 Å². The van der Waals surface area contributed by atoms with Crippen LogP contribution in [0.25, 0.3) is 0 Å². The molecule has 0 bridgehead atoms. The smallest absolute Gasteiger partial charge is 0.162 e. The third kappa shape index (κ3) is 2.79. The molecule has 2 unspecified atom stereocenters. The summed E-state index contributed by atoms with van der Waals surface area (Å²) in [5.41, 5.74) is 1.09. The third-order valence-electron chi connectivity index (χ3n) is 3.52. The lowest BCUT2D eigenvalue weighted by Gasteiger charge is -2.31. The number of rotatable bonds is 3. The minimum absolute atomic E-state index is 0.00684. The summed E-state index contributed by atoms with van der Waals surface area (Å²) in [5, 5.41) is 3.30. The summed E-state index contributed by atoms with van der Waals surface area (Å²) >= 11 is 3.61. The van der Waals surface area contributed by atoms with E-state index in [-0.39, 0.29) is 12.1 Å². The predicted octanol–water partition coefficient (Wildman–Crippen LogP) is 1.90. The van der Waals surface area contributed by atoms with Crippen molar-refractivity contribution in [3.05, 3.63) is 22.2 Å². The minimum atomic E-state index is -0.00684. The van der Waals surface area contributed by atoms with E-state index in [1.165, 1.54) is 0 Å². The Morgan fingerprint density at radius 1 is 1.15 bits per heavy atom. The normalized spacial score (nSPS) is 23.4. The van der Waals surface area contributed by atoms with E-state index in [9.17, 15) is 0 Å². The molecular weight excluding hydrogens is 326 g/mol. The molecule has 1 aromatic carbocycles. The summed E-state index contributed by atoms with van der Waals surface area (Å²) in [6.45, 7) is 3.06. The van der Waals surface area contributed by atoms with Gasteiger partial charge in [-0.05, 0) is 24.7 Å². The van der Waals surface area contributed by atoms with E-state index in [0.717, 1.165) is 21.5 Å². The Bertz CT molecular complexity index is 476. The highest BCUT2D eigenvalue weighted by atomic mass is 79.9. The van der Waals surface area contributed by atoms with Crippen LogP contribution in [0.4, 0.5) is 0 Å². The molecule has 2 heterocycles. The van der Waals surface area contributed by atoms with E-state index in [1.807, 2.05) is 19.2 Å². The molecule has 2 atom stereocenters. The highest BCUT2D eigenvalue weighted by Gasteiger charge is 2.28. The van der Waals surface area contributed by atoms with Crippen molar-refractivity contribution in [3.63, 3.8) is 0 Å². The largest absolute Gasteiger partial charge is 0.486 e. The van der Waals surface area contributed by atoms with Crippen LogP contribution in [0.5, 0.6) is 11.5 Å². The van der Waals surface area contributed by atoms with Crippen molar-refractivity contribution in [3.8, 4) is 11.5 Å². The minimum Gasteiger partial charge on any atom is -0.486 e. The summed E-state index contributed by atoms with van der Waals surface area (Å²) in [6.07, 6.45) is -0.00684. The van der Waals surface area contributed by atoms with E-state index in [2.05, 4.69) is 21.2 Å². The van der Waals surface area contributed by atoms with Crippen molar-refractivity contribution in [2.24, 2.45) is 0 Å². The van der Waals surface area contributed by atoms with Gasteiger partial charge < -0.3 is 24.3 Å². The molecule has 0 amide bonds. The van der Waals surface area contributed by atoms with Crippen molar-refractivity contribution in [1.29, 1.82) is 0 Å². The maximum absolute atomic E-state index is 5.80. The highest BCUT2D eigenvalue weighted by Crippen LogP contribution is 2.39. The van der Waals surface area contributed by atoms with Gasteiger partial charge in [0.05, 0.1) is 25.9 Å². The Kier molecular flexibility index (Phi) is 4.45. The molecule has 0 saturated carbocycles. The van der Waals surface area contributed by atoms with Crippen LogP contribution in [-0.2, 0) is 9.47 Å². The number of hydrogen-bond donors (Lipinski definition) is 1. The molecule has 0 aliphatic carbocycles. The predicted molar refractivity (Wildman–Crippen MR) is 77.5 cm³/mol. The molecule has 1 N–H and O–H groups in total. The van der Waals surface area contributed by atoms with Gasteiger partial charge in [-0.15, -0.1) is 0 Å². The van der Waals surface area contributed by atoms with E-state index >= 15 is 0 Å². The van der Waals surface area contributed by atoms with Crippen LogP contribution in [-0.4, -0.2) is 46.2 Å². The number of fused-ring (bicyclic) bond motifs is 1. The Hall–Kier alpha value is -0.820. The molecule has 5 nitrogen and oxygen atoms in total. The second kappa shape index (κ2) is 6.30. The van der Waals surface area contributed by atoms with Crippen LogP contribution in [0.15, 0.2) is 16.6 Å². The van der Waals surface area contributed by atoms with Gasteiger partial charge in [-0.1, -0.05) is 15.9 Å². The van der Waals surface area contributed by atoms with E-state index in [4.69, 9.17) is 18.9 Å². The topological polar surface area (TPSA) is 49.0 Å². The Morgan fingerprint density at radius 2 is 1.90 bits per heavy atom. The lowest BCUT2D eigenvalue weighted by Crippen LogP contribution is -2.39. The standard InChI is InChI=1S/C14H18BrNO4/c1-16-14(13-8-17-2-3-20-13)9-6-11-12(7-10(9)15)19-5-4-18-11/h6-7,13-14,16H,2-5,8H2,1H3.